The quantitative estimate of drug-likeness (QED) is 0.466. The minimum Gasteiger partial charge on any atom is -0.456 e. The summed E-state index contributed by atoms with van der Waals surface area (Å²) in [5.74, 6) is -0.158. The molecule has 4 rings (SSSR count). The van der Waals surface area contributed by atoms with Crippen LogP contribution in [0.5, 0.6) is 11.5 Å². The van der Waals surface area contributed by atoms with Gasteiger partial charge >= 0.3 is 0 Å². The molecule has 1 saturated carbocycles. The first-order chi connectivity index (χ1) is 15.8. The normalized spacial score (nSPS) is 13.5. The van der Waals surface area contributed by atoms with Crippen molar-refractivity contribution in [2.45, 2.75) is 19.8 Å². The third kappa shape index (κ3) is 5.32. The number of anilines is 3. The monoisotopic (exact) mass is 448 g/mol. The highest BCUT2D eigenvalue weighted by molar-refractivity contribution is 6.16. The van der Waals surface area contributed by atoms with Crippen molar-refractivity contribution >= 4 is 34.9 Å². The van der Waals surface area contributed by atoms with Crippen molar-refractivity contribution in [3.8, 4) is 11.5 Å². The van der Waals surface area contributed by atoms with Crippen LogP contribution in [-0.2, 0) is 14.4 Å². The molecule has 1 aliphatic carbocycles. The molecule has 9 heteroatoms. The van der Waals surface area contributed by atoms with Crippen LogP contribution in [0.4, 0.5) is 21.6 Å². The molecule has 0 saturated heterocycles. The third-order valence-corrected chi connectivity index (χ3v) is 5.09. The molecule has 0 atom stereocenters. The van der Waals surface area contributed by atoms with Gasteiger partial charge in [0.05, 0.1) is 6.20 Å². The van der Waals surface area contributed by atoms with Crippen molar-refractivity contribution in [3.05, 3.63) is 72.7 Å². The van der Waals surface area contributed by atoms with Gasteiger partial charge in [-0.3, -0.25) is 14.4 Å². The van der Waals surface area contributed by atoms with E-state index in [0.29, 0.717) is 41.5 Å². The van der Waals surface area contributed by atoms with E-state index in [1.807, 2.05) is 0 Å². The van der Waals surface area contributed by atoms with Gasteiger partial charge in [-0.05, 0) is 61.4 Å². The molecule has 8 nitrogen and oxygen atoms in total. The van der Waals surface area contributed by atoms with Gasteiger partial charge in [0, 0.05) is 24.4 Å². The average Bonchev–Trinajstić information content (AvgIpc) is 3.59. The fraction of sp³-hybridized carbons (Fsp3) is 0.167. The molecule has 0 bridgehead atoms. The minimum absolute atomic E-state index is 0.223. The van der Waals surface area contributed by atoms with E-state index in [1.165, 1.54) is 37.4 Å². The van der Waals surface area contributed by atoms with Crippen LogP contribution in [0.15, 0.2) is 66.9 Å². The van der Waals surface area contributed by atoms with Gasteiger partial charge < -0.3 is 20.7 Å². The molecule has 3 amide bonds. The maximum absolute atomic E-state index is 13.1. The molecule has 0 aliphatic heterocycles. The molecule has 3 aromatic rings. The molecule has 1 fully saturated rings. The Hall–Kier alpha value is -4.27. The Bertz CT molecular complexity index is 1190. The standard InChI is InChI=1S/C24H21FN4O4/c1-15(30)27-21-10-9-20(14-26-21)33-19-4-2-3-18(13-19)29-23(32)24(11-12-24)22(31)28-17-7-5-16(25)6-8-17/h2-10,13-14H,11-12H2,1H3,(H,28,31)(H,29,32)(H,26,27,30). The van der Waals surface area contributed by atoms with Crippen LogP contribution in [-0.4, -0.2) is 22.7 Å². The molecule has 0 radical (unpaired) electrons. The lowest BCUT2D eigenvalue weighted by atomic mass is 10.0. The van der Waals surface area contributed by atoms with E-state index in [-0.39, 0.29) is 5.91 Å². The summed E-state index contributed by atoms with van der Waals surface area (Å²) in [5.41, 5.74) is -0.260. The number of rotatable bonds is 7. The predicted molar refractivity (Wildman–Crippen MR) is 120 cm³/mol. The summed E-state index contributed by atoms with van der Waals surface area (Å²) in [6, 6.07) is 15.4. The smallest absolute Gasteiger partial charge is 0.240 e. The molecule has 1 aliphatic rings. The number of halogens is 1. The summed E-state index contributed by atoms with van der Waals surface area (Å²) >= 11 is 0. The van der Waals surface area contributed by atoms with Crippen LogP contribution in [0.2, 0.25) is 0 Å². The van der Waals surface area contributed by atoms with Crippen molar-refractivity contribution < 1.29 is 23.5 Å². The summed E-state index contributed by atoms with van der Waals surface area (Å²) in [4.78, 5) is 40.7. The fourth-order valence-electron chi connectivity index (χ4n) is 3.19. The topological polar surface area (TPSA) is 109 Å². The number of hydrogen-bond acceptors (Lipinski definition) is 5. The van der Waals surface area contributed by atoms with Crippen LogP contribution in [0.25, 0.3) is 0 Å². The third-order valence-electron chi connectivity index (χ3n) is 5.09. The van der Waals surface area contributed by atoms with E-state index in [4.69, 9.17) is 4.74 Å². The molecule has 0 spiro atoms. The molecule has 33 heavy (non-hydrogen) atoms. The zero-order valence-electron chi connectivity index (χ0n) is 17.7. The summed E-state index contributed by atoms with van der Waals surface area (Å²) in [6.45, 7) is 1.39. The van der Waals surface area contributed by atoms with Crippen LogP contribution in [0, 0.1) is 11.2 Å². The number of nitrogens with zero attached hydrogens (tertiary/aromatic N) is 1. The predicted octanol–water partition coefficient (Wildman–Crippen LogP) is 4.33. The number of carbonyl (C=O) groups excluding carboxylic acids is 3. The number of pyridine rings is 1. The molecule has 1 heterocycles. The molecule has 3 N–H and O–H groups in total. The first-order valence-electron chi connectivity index (χ1n) is 10.2. The zero-order valence-corrected chi connectivity index (χ0v) is 17.7. The molecular weight excluding hydrogens is 427 g/mol. The highest BCUT2D eigenvalue weighted by Crippen LogP contribution is 2.47. The van der Waals surface area contributed by atoms with Gasteiger partial charge in [-0.1, -0.05) is 6.07 Å². The molecule has 1 aromatic heterocycles. The first kappa shape index (κ1) is 21.9. The SMILES string of the molecule is CC(=O)Nc1ccc(Oc2cccc(NC(=O)C3(C(=O)Nc4ccc(F)cc4)CC3)c2)cn1. The summed E-state index contributed by atoms with van der Waals surface area (Å²) in [6.07, 6.45) is 2.32. The van der Waals surface area contributed by atoms with Crippen molar-refractivity contribution in [1.29, 1.82) is 0 Å². The number of hydrogen-bond donors (Lipinski definition) is 3. The number of amides is 3. The second-order valence-electron chi connectivity index (χ2n) is 7.69. The number of nitrogens with one attached hydrogen (secondary N) is 3. The second-order valence-corrected chi connectivity index (χ2v) is 7.69. The van der Waals surface area contributed by atoms with Crippen LogP contribution in [0.3, 0.4) is 0 Å². The molecular formula is C24H21FN4O4. The van der Waals surface area contributed by atoms with Gasteiger partial charge in [-0.2, -0.15) is 0 Å². The zero-order chi connectivity index (χ0) is 23.4. The fourth-order valence-corrected chi connectivity index (χ4v) is 3.19. The lowest BCUT2D eigenvalue weighted by Crippen LogP contribution is -2.35. The lowest BCUT2D eigenvalue weighted by molar-refractivity contribution is -0.131. The molecule has 2 aromatic carbocycles. The highest BCUT2D eigenvalue weighted by Gasteiger charge is 2.56. The highest BCUT2D eigenvalue weighted by atomic mass is 19.1. The second kappa shape index (κ2) is 9.07. The van der Waals surface area contributed by atoms with Crippen LogP contribution in [0.1, 0.15) is 19.8 Å². The summed E-state index contributed by atoms with van der Waals surface area (Å²) in [7, 11) is 0. The maximum Gasteiger partial charge on any atom is 0.240 e. The Morgan fingerprint density at radius 2 is 1.58 bits per heavy atom. The van der Waals surface area contributed by atoms with E-state index in [0.717, 1.165) is 0 Å². The van der Waals surface area contributed by atoms with E-state index >= 15 is 0 Å². The van der Waals surface area contributed by atoms with Gasteiger partial charge in [0.25, 0.3) is 0 Å². The van der Waals surface area contributed by atoms with Crippen molar-refractivity contribution in [3.63, 3.8) is 0 Å². The van der Waals surface area contributed by atoms with Gasteiger partial charge in [-0.15, -0.1) is 0 Å². The summed E-state index contributed by atoms with van der Waals surface area (Å²) < 4.78 is 18.8. The van der Waals surface area contributed by atoms with E-state index in [1.54, 1.807) is 36.4 Å². The minimum atomic E-state index is -1.16. The van der Waals surface area contributed by atoms with Crippen LogP contribution < -0.4 is 20.7 Å². The largest absolute Gasteiger partial charge is 0.456 e. The van der Waals surface area contributed by atoms with E-state index in [9.17, 15) is 18.8 Å². The van der Waals surface area contributed by atoms with Gasteiger partial charge in [0.15, 0.2) is 0 Å². The number of carbonyl (C=O) groups is 3. The Kier molecular flexibility index (Phi) is 6.03. The van der Waals surface area contributed by atoms with Gasteiger partial charge in [0.2, 0.25) is 17.7 Å². The van der Waals surface area contributed by atoms with Crippen molar-refractivity contribution in [1.82, 2.24) is 4.98 Å². The molecule has 0 unspecified atom stereocenters. The maximum atomic E-state index is 13.1. The Morgan fingerprint density at radius 3 is 2.18 bits per heavy atom. The van der Waals surface area contributed by atoms with Crippen LogP contribution >= 0.6 is 0 Å². The van der Waals surface area contributed by atoms with E-state index in [2.05, 4.69) is 20.9 Å². The Labute approximate surface area is 189 Å². The van der Waals surface area contributed by atoms with Gasteiger partial charge in [-0.25, -0.2) is 9.37 Å². The Balaban J connectivity index is 1.39. The summed E-state index contributed by atoms with van der Waals surface area (Å²) in [5, 5.41) is 8.02. The number of aromatic nitrogens is 1. The number of ether oxygens (including phenoxy) is 1. The van der Waals surface area contributed by atoms with E-state index < -0.39 is 23.0 Å². The number of benzene rings is 2. The van der Waals surface area contributed by atoms with Gasteiger partial charge in [0.1, 0.15) is 28.5 Å². The molecule has 168 valence electrons. The van der Waals surface area contributed by atoms with Crippen molar-refractivity contribution in [2.24, 2.45) is 5.41 Å². The Morgan fingerprint density at radius 1 is 0.879 bits per heavy atom. The van der Waals surface area contributed by atoms with Crippen molar-refractivity contribution in [2.75, 3.05) is 16.0 Å². The lowest BCUT2D eigenvalue weighted by Gasteiger charge is -2.16. The average molecular weight is 448 g/mol. The first-order valence-corrected chi connectivity index (χ1v) is 10.2.